The molecule has 4 fully saturated rings. The summed E-state index contributed by atoms with van der Waals surface area (Å²) >= 11 is 0. The minimum absolute atomic E-state index is 0.0108. The molecule has 4 aliphatic rings. The highest BCUT2D eigenvalue weighted by atomic mass is 16.9. The molecular weight excluding hydrogens is 188 g/mol. The SMILES string of the molecule is C1CCC(CC2CC3OC34OC4C2)CC1. The van der Waals surface area contributed by atoms with Crippen molar-refractivity contribution >= 4 is 0 Å². The molecule has 84 valence electrons. The van der Waals surface area contributed by atoms with Gasteiger partial charge >= 0.3 is 0 Å². The topological polar surface area (TPSA) is 25.1 Å². The first-order valence-corrected chi connectivity index (χ1v) is 6.72. The van der Waals surface area contributed by atoms with Crippen LogP contribution in [0.5, 0.6) is 0 Å². The third-order valence-electron chi connectivity index (χ3n) is 4.92. The first-order chi connectivity index (χ1) is 7.37. The minimum atomic E-state index is -0.0108. The summed E-state index contributed by atoms with van der Waals surface area (Å²) in [5.74, 6) is 1.92. The summed E-state index contributed by atoms with van der Waals surface area (Å²) in [4.78, 5) is 0. The lowest BCUT2D eigenvalue weighted by Gasteiger charge is -2.26. The molecule has 2 heterocycles. The Morgan fingerprint density at radius 3 is 2.20 bits per heavy atom. The van der Waals surface area contributed by atoms with Crippen molar-refractivity contribution in [1.82, 2.24) is 0 Å². The Morgan fingerprint density at radius 1 is 0.867 bits per heavy atom. The van der Waals surface area contributed by atoms with Gasteiger partial charge in [0.1, 0.15) is 12.2 Å². The van der Waals surface area contributed by atoms with Crippen molar-refractivity contribution in [1.29, 1.82) is 0 Å². The van der Waals surface area contributed by atoms with Crippen molar-refractivity contribution in [3.63, 3.8) is 0 Å². The van der Waals surface area contributed by atoms with Crippen LogP contribution in [0.25, 0.3) is 0 Å². The van der Waals surface area contributed by atoms with E-state index >= 15 is 0 Å². The highest BCUT2D eigenvalue weighted by Crippen LogP contribution is 2.63. The molecule has 0 N–H and O–H groups in total. The van der Waals surface area contributed by atoms with Crippen LogP contribution in [0.15, 0.2) is 0 Å². The maximum Gasteiger partial charge on any atom is 0.223 e. The predicted octanol–water partition coefficient (Wildman–Crippen LogP) is 2.86. The second kappa shape index (κ2) is 2.98. The third-order valence-corrected chi connectivity index (χ3v) is 4.92. The van der Waals surface area contributed by atoms with Crippen LogP contribution in [0.1, 0.15) is 51.4 Å². The molecule has 2 aliphatic carbocycles. The Morgan fingerprint density at radius 2 is 1.53 bits per heavy atom. The summed E-state index contributed by atoms with van der Waals surface area (Å²) in [7, 11) is 0. The molecule has 0 aromatic carbocycles. The van der Waals surface area contributed by atoms with Crippen molar-refractivity contribution in [3.8, 4) is 0 Å². The predicted molar refractivity (Wildman–Crippen MR) is 56.4 cm³/mol. The van der Waals surface area contributed by atoms with Crippen LogP contribution < -0.4 is 0 Å². The van der Waals surface area contributed by atoms with Gasteiger partial charge in [-0.05, 0) is 31.1 Å². The minimum Gasteiger partial charge on any atom is -0.336 e. The Hall–Kier alpha value is -0.0800. The van der Waals surface area contributed by atoms with E-state index in [4.69, 9.17) is 9.47 Å². The number of hydrogen-bond donors (Lipinski definition) is 0. The second-order valence-electron chi connectivity index (χ2n) is 6.01. The van der Waals surface area contributed by atoms with Gasteiger partial charge in [-0.2, -0.15) is 0 Å². The molecule has 1 spiro atoms. The molecule has 4 rings (SSSR count). The Bertz CT molecular complexity index is 252. The molecule has 0 amide bonds. The summed E-state index contributed by atoms with van der Waals surface area (Å²) in [6.45, 7) is 0. The van der Waals surface area contributed by atoms with Gasteiger partial charge in [0.2, 0.25) is 5.79 Å². The Balaban J connectivity index is 1.34. The van der Waals surface area contributed by atoms with E-state index in [1.807, 2.05) is 0 Å². The van der Waals surface area contributed by atoms with E-state index in [1.165, 1.54) is 51.4 Å². The fraction of sp³-hybridized carbons (Fsp3) is 1.00. The van der Waals surface area contributed by atoms with Gasteiger partial charge in [0.05, 0.1) is 0 Å². The highest BCUT2D eigenvalue weighted by molar-refractivity contribution is 5.16. The van der Waals surface area contributed by atoms with Crippen LogP contribution in [-0.2, 0) is 9.47 Å². The van der Waals surface area contributed by atoms with E-state index in [9.17, 15) is 0 Å². The zero-order valence-corrected chi connectivity index (χ0v) is 9.28. The Labute approximate surface area is 91.3 Å². The van der Waals surface area contributed by atoms with E-state index in [0.717, 1.165) is 11.8 Å². The maximum absolute atomic E-state index is 5.64. The summed E-state index contributed by atoms with van der Waals surface area (Å²) in [6, 6.07) is 0. The number of rotatable bonds is 2. The van der Waals surface area contributed by atoms with Gasteiger partial charge < -0.3 is 9.47 Å². The smallest absolute Gasteiger partial charge is 0.223 e. The average Bonchev–Trinajstić information content (AvgIpc) is 3.08. The highest BCUT2D eigenvalue weighted by Gasteiger charge is 2.78. The summed E-state index contributed by atoms with van der Waals surface area (Å²) < 4.78 is 11.3. The van der Waals surface area contributed by atoms with Crippen molar-refractivity contribution < 1.29 is 9.47 Å². The van der Waals surface area contributed by atoms with E-state index in [0.29, 0.717) is 12.2 Å². The van der Waals surface area contributed by atoms with Crippen LogP contribution in [0, 0.1) is 11.8 Å². The molecule has 2 aliphatic heterocycles. The lowest BCUT2D eigenvalue weighted by atomic mass is 9.78. The molecule has 0 radical (unpaired) electrons. The van der Waals surface area contributed by atoms with E-state index < -0.39 is 0 Å². The van der Waals surface area contributed by atoms with Crippen LogP contribution in [0.3, 0.4) is 0 Å². The maximum atomic E-state index is 5.64. The Kier molecular flexibility index (Phi) is 1.79. The molecule has 0 aromatic heterocycles. The lowest BCUT2D eigenvalue weighted by Crippen LogP contribution is -2.21. The van der Waals surface area contributed by atoms with Gasteiger partial charge in [0.15, 0.2) is 0 Å². The van der Waals surface area contributed by atoms with Gasteiger partial charge in [-0.1, -0.05) is 32.1 Å². The summed E-state index contributed by atoms with van der Waals surface area (Å²) in [6.07, 6.45) is 12.4. The normalized spacial score (nSPS) is 53.2. The van der Waals surface area contributed by atoms with Crippen molar-refractivity contribution in [2.45, 2.75) is 69.4 Å². The zero-order chi connectivity index (χ0) is 9.88. The average molecular weight is 208 g/mol. The van der Waals surface area contributed by atoms with E-state index in [1.54, 1.807) is 0 Å². The second-order valence-corrected chi connectivity index (χ2v) is 6.01. The fourth-order valence-electron chi connectivity index (χ4n) is 3.98. The molecule has 0 bridgehead atoms. The monoisotopic (exact) mass is 208 g/mol. The fourth-order valence-corrected chi connectivity index (χ4v) is 3.98. The molecule has 15 heavy (non-hydrogen) atoms. The first-order valence-electron chi connectivity index (χ1n) is 6.72. The molecule has 0 aromatic rings. The molecule has 2 saturated carbocycles. The number of ether oxygens (including phenoxy) is 2. The molecule has 2 nitrogen and oxygen atoms in total. The quantitative estimate of drug-likeness (QED) is 0.652. The van der Waals surface area contributed by atoms with Crippen LogP contribution in [-0.4, -0.2) is 18.0 Å². The summed E-state index contributed by atoms with van der Waals surface area (Å²) in [5, 5.41) is 0. The van der Waals surface area contributed by atoms with Gasteiger partial charge in [0.25, 0.3) is 0 Å². The van der Waals surface area contributed by atoms with Gasteiger partial charge in [-0.3, -0.25) is 0 Å². The van der Waals surface area contributed by atoms with Gasteiger partial charge in [-0.25, -0.2) is 0 Å². The van der Waals surface area contributed by atoms with Crippen molar-refractivity contribution in [2.75, 3.05) is 0 Å². The zero-order valence-electron chi connectivity index (χ0n) is 9.28. The van der Waals surface area contributed by atoms with Crippen LogP contribution in [0.2, 0.25) is 0 Å². The van der Waals surface area contributed by atoms with Gasteiger partial charge in [-0.15, -0.1) is 0 Å². The standard InChI is InChI=1S/C13H20O2/c1-2-4-9(5-3-1)6-10-7-11-13(14-11)12(8-10)15-13/h9-12H,1-8H2. The van der Waals surface area contributed by atoms with Crippen LogP contribution in [0.4, 0.5) is 0 Å². The molecular formula is C13H20O2. The third kappa shape index (κ3) is 1.38. The summed E-state index contributed by atoms with van der Waals surface area (Å²) in [5.41, 5.74) is 0. The molecule has 2 heteroatoms. The van der Waals surface area contributed by atoms with E-state index in [-0.39, 0.29) is 5.79 Å². The molecule has 2 atom stereocenters. The van der Waals surface area contributed by atoms with Crippen LogP contribution >= 0.6 is 0 Å². The lowest BCUT2D eigenvalue weighted by molar-refractivity contribution is 0.217. The van der Waals surface area contributed by atoms with Gasteiger partial charge in [0, 0.05) is 0 Å². The van der Waals surface area contributed by atoms with E-state index in [2.05, 4.69) is 0 Å². The van der Waals surface area contributed by atoms with Crippen molar-refractivity contribution in [3.05, 3.63) is 0 Å². The number of epoxide rings is 2. The number of hydrogen-bond acceptors (Lipinski definition) is 2. The molecule has 2 saturated heterocycles. The first kappa shape index (κ1) is 9.00. The van der Waals surface area contributed by atoms with Crippen molar-refractivity contribution in [2.24, 2.45) is 11.8 Å². The molecule has 2 unspecified atom stereocenters. The largest absolute Gasteiger partial charge is 0.336 e.